The van der Waals surface area contributed by atoms with Crippen molar-refractivity contribution in [2.24, 2.45) is 14.1 Å². The van der Waals surface area contributed by atoms with E-state index in [0.717, 1.165) is 47.8 Å². The second kappa shape index (κ2) is 5.52. The van der Waals surface area contributed by atoms with Gasteiger partial charge in [-0.2, -0.15) is 10.2 Å². The lowest BCUT2D eigenvalue weighted by Gasteiger charge is -2.07. The lowest BCUT2D eigenvalue weighted by molar-refractivity contribution is 0.634. The summed E-state index contributed by atoms with van der Waals surface area (Å²) in [6.07, 6.45) is 3.68. The summed E-state index contributed by atoms with van der Waals surface area (Å²) in [6, 6.07) is 2.04. The molecule has 6 nitrogen and oxygen atoms in total. The Morgan fingerprint density at radius 2 is 2.05 bits per heavy atom. The van der Waals surface area contributed by atoms with Crippen LogP contribution in [0.2, 0.25) is 0 Å². The van der Waals surface area contributed by atoms with Crippen LogP contribution in [-0.2, 0) is 39.4 Å². The van der Waals surface area contributed by atoms with Crippen LogP contribution in [0.4, 0.5) is 0 Å². The lowest BCUT2D eigenvalue weighted by Crippen LogP contribution is -2.09. The van der Waals surface area contributed by atoms with Crippen LogP contribution in [0, 0.1) is 0 Å². The van der Waals surface area contributed by atoms with Crippen LogP contribution in [0.25, 0.3) is 11.2 Å². The molecular weight excluding hydrogens is 288 g/mol. The maximum absolute atomic E-state index is 6.06. The van der Waals surface area contributed by atoms with Gasteiger partial charge in [-0.05, 0) is 12.5 Å². The molecule has 0 saturated carbocycles. The van der Waals surface area contributed by atoms with Crippen LogP contribution in [0.5, 0.6) is 0 Å². The van der Waals surface area contributed by atoms with Crippen LogP contribution >= 0.6 is 11.6 Å². The molecule has 3 heterocycles. The van der Waals surface area contributed by atoms with Crippen molar-refractivity contribution in [3.8, 4) is 0 Å². The molecule has 0 aromatic carbocycles. The van der Waals surface area contributed by atoms with Gasteiger partial charge in [0.2, 0.25) is 0 Å². The Morgan fingerprint density at radius 3 is 2.67 bits per heavy atom. The first kappa shape index (κ1) is 14.1. The number of rotatable bonds is 5. The van der Waals surface area contributed by atoms with Crippen molar-refractivity contribution in [1.82, 2.24) is 29.1 Å². The number of aromatic nitrogens is 6. The minimum absolute atomic E-state index is 0.403. The largest absolute Gasteiger partial charge is 0.311 e. The number of aryl methyl sites for hydroxylation is 5. The molecule has 3 aromatic rings. The van der Waals surface area contributed by atoms with Gasteiger partial charge in [0, 0.05) is 33.3 Å². The predicted octanol–water partition coefficient (Wildman–Crippen LogP) is 2.05. The summed E-state index contributed by atoms with van der Waals surface area (Å²) in [7, 11) is 3.89. The SMILES string of the molecule is CCc1nn(C)c2c1nc(CCl)n2CCc1ccn(C)n1. The number of hydrogen-bond donors (Lipinski definition) is 0. The molecule has 0 aliphatic rings. The molecule has 0 amide bonds. The summed E-state index contributed by atoms with van der Waals surface area (Å²) < 4.78 is 5.87. The highest BCUT2D eigenvalue weighted by Crippen LogP contribution is 2.21. The van der Waals surface area contributed by atoms with Gasteiger partial charge in [-0.25, -0.2) is 4.98 Å². The Hall–Kier alpha value is -1.82. The first-order valence-corrected chi connectivity index (χ1v) is 7.63. The molecule has 3 aromatic heterocycles. The van der Waals surface area contributed by atoms with Crippen molar-refractivity contribution >= 4 is 22.8 Å². The van der Waals surface area contributed by atoms with Gasteiger partial charge in [0.1, 0.15) is 11.3 Å². The molecule has 0 aliphatic heterocycles. The number of imidazole rings is 1. The zero-order valence-electron chi connectivity index (χ0n) is 12.5. The van der Waals surface area contributed by atoms with E-state index in [2.05, 4.69) is 26.7 Å². The molecule has 0 N–H and O–H groups in total. The van der Waals surface area contributed by atoms with Gasteiger partial charge in [0.15, 0.2) is 5.65 Å². The van der Waals surface area contributed by atoms with Gasteiger partial charge in [0.05, 0.1) is 17.3 Å². The van der Waals surface area contributed by atoms with Gasteiger partial charge in [-0.15, -0.1) is 11.6 Å². The Morgan fingerprint density at radius 1 is 1.24 bits per heavy atom. The van der Waals surface area contributed by atoms with Gasteiger partial charge < -0.3 is 4.57 Å². The van der Waals surface area contributed by atoms with Crippen LogP contribution in [-0.4, -0.2) is 29.1 Å². The third-order valence-electron chi connectivity index (χ3n) is 3.69. The van der Waals surface area contributed by atoms with E-state index in [1.807, 2.05) is 35.7 Å². The maximum atomic E-state index is 6.06. The monoisotopic (exact) mass is 306 g/mol. The highest BCUT2D eigenvalue weighted by molar-refractivity contribution is 6.16. The minimum atomic E-state index is 0.403. The van der Waals surface area contributed by atoms with Gasteiger partial charge in [0.25, 0.3) is 0 Å². The van der Waals surface area contributed by atoms with Crippen molar-refractivity contribution in [2.75, 3.05) is 0 Å². The second-order valence-corrected chi connectivity index (χ2v) is 5.41. The van der Waals surface area contributed by atoms with E-state index < -0.39 is 0 Å². The molecule has 0 spiro atoms. The zero-order chi connectivity index (χ0) is 15.0. The summed E-state index contributed by atoms with van der Waals surface area (Å²) in [5, 5.41) is 8.95. The van der Waals surface area contributed by atoms with Gasteiger partial charge in [-0.3, -0.25) is 9.36 Å². The Balaban J connectivity index is 1.97. The smallest absolute Gasteiger partial charge is 0.158 e. The van der Waals surface area contributed by atoms with E-state index in [0.29, 0.717) is 5.88 Å². The average molecular weight is 307 g/mol. The quantitative estimate of drug-likeness (QED) is 0.678. The summed E-state index contributed by atoms with van der Waals surface area (Å²) >= 11 is 6.06. The fourth-order valence-corrected chi connectivity index (χ4v) is 2.89. The fourth-order valence-electron chi connectivity index (χ4n) is 2.68. The first-order chi connectivity index (χ1) is 10.1. The normalized spacial score (nSPS) is 11.6. The molecule has 0 aliphatic carbocycles. The molecule has 0 bridgehead atoms. The van der Waals surface area contributed by atoms with E-state index >= 15 is 0 Å². The average Bonchev–Trinajstić information content (AvgIpc) is 3.12. The first-order valence-electron chi connectivity index (χ1n) is 7.09. The number of halogens is 1. The van der Waals surface area contributed by atoms with E-state index in [4.69, 9.17) is 11.6 Å². The van der Waals surface area contributed by atoms with Crippen LogP contribution in [0.3, 0.4) is 0 Å². The third kappa shape index (κ3) is 2.44. The Kier molecular flexibility index (Phi) is 3.71. The van der Waals surface area contributed by atoms with E-state index in [1.165, 1.54) is 0 Å². The van der Waals surface area contributed by atoms with Gasteiger partial charge >= 0.3 is 0 Å². The van der Waals surface area contributed by atoms with Crippen molar-refractivity contribution in [3.05, 3.63) is 29.5 Å². The van der Waals surface area contributed by atoms with Gasteiger partial charge in [-0.1, -0.05) is 6.92 Å². The second-order valence-electron chi connectivity index (χ2n) is 5.14. The van der Waals surface area contributed by atoms with Crippen molar-refractivity contribution in [2.45, 2.75) is 32.2 Å². The van der Waals surface area contributed by atoms with E-state index in [1.54, 1.807) is 0 Å². The summed E-state index contributed by atoms with van der Waals surface area (Å²) in [4.78, 5) is 4.66. The molecule has 0 fully saturated rings. The predicted molar refractivity (Wildman–Crippen MR) is 82.3 cm³/mol. The van der Waals surface area contributed by atoms with Crippen molar-refractivity contribution in [1.29, 1.82) is 0 Å². The summed E-state index contributed by atoms with van der Waals surface area (Å²) in [5.74, 6) is 1.30. The number of alkyl halides is 1. The molecule has 3 rings (SSSR count). The minimum Gasteiger partial charge on any atom is -0.311 e. The van der Waals surface area contributed by atoms with Crippen LogP contribution < -0.4 is 0 Å². The Labute approximate surface area is 128 Å². The standard InChI is InChI=1S/C14H19ClN6/c1-4-11-13-14(20(3)18-11)21(12(9-15)16-13)8-6-10-5-7-19(2)17-10/h5,7H,4,6,8-9H2,1-3H3. The van der Waals surface area contributed by atoms with Crippen LogP contribution in [0.15, 0.2) is 12.3 Å². The summed E-state index contributed by atoms with van der Waals surface area (Å²) in [5.41, 5.74) is 4.10. The molecule has 7 heteroatoms. The fraction of sp³-hybridized carbons (Fsp3) is 0.500. The molecule has 0 saturated heterocycles. The number of hydrogen-bond acceptors (Lipinski definition) is 3. The topological polar surface area (TPSA) is 53.5 Å². The third-order valence-corrected chi connectivity index (χ3v) is 3.92. The molecule has 0 unspecified atom stereocenters. The highest BCUT2D eigenvalue weighted by Gasteiger charge is 2.17. The van der Waals surface area contributed by atoms with Crippen molar-refractivity contribution in [3.63, 3.8) is 0 Å². The highest BCUT2D eigenvalue weighted by atomic mass is 35.5. The van der Waals surface area contributed by atoms with Crippen LogP contribution in [0.1, 0.15) is 24.1 Å². The van der Waals surface area contributed by atoms with E-state index in [-0.39, 0.29) is 0 Å². The van der Waals surface area contributed by atoms with E-state index in [9.17, 15) is 0 Å². The lowest BCUT2D eigenvalue weighted by atomic mass is 10.3. The zero-order valence-corrected chi connectivity index (χ0v) is 13.3. The maximum Gasteiger partial charge on any atom is 0.158 e. The number of nitrogens with zero attached hydrogens (tertiary/aromatic N) is 6. The Bertz CT molecular complexity index is 766. The number of fused-ring (bicyclic) bond motifs is 1. The molecular formula is C14H19ClN6. The molecule has 0 radical (unpaired) electrons. The molecule has 21 heavy (non-hydrogen) atoms. The van der Waals surface area contributed by atoms with Crippen molar-refractivity contribution < 1.29 is 0 Å². The molecule has 112 valence electrons. The summed E-state index contributed by atoms with van der Waals surface area (Å²) in [6.45, 7) is 2.90. The molecule has 0 atom stereocenters.